The van der Waals surface area contributed by atoms with Gasteiger partial charge in [0.1, 0.15) is 17.7 Å². The van der Waals surface area contributed by atoms with Crippen LogP contribution in [0, 0.1) is 12.3 Å². The minimum atomic E-state index is -0.927. The van der Waals surface area contributed by atoms with Gasteiger partial charge < -0.3 is 25.3 Å². The fourth-order valence-corrected chi connectivity index (χ4v) is 2.85. The third-order valence-electron chi connectivity index (χ3n) is 4.02. The molecule has 1 saturated heterocycles. The molecule has 2 aromatic heterocycles. The first-order valence-electron chi connectivity index (χ1n) is 8.13. The summed E-state index contributed by atoms with van der Waals surface area (Å²) in [5, 5.41) is 18.1. The third-order valence-corrected chi connectivity index (χ3v) is 4.19. The van der Waals surface area contributed by atoms with Gasteiger partial charge in [0.25, 0.3) is 0 Å². The number of carbonyl (C=O) groups is 1. The van der Waals surface area contributed by atoms with E-state index in [1.165, 1.54) is 0 Å². The highest BCUT2D eigenvalue weighted by molar-refractivity contribution is 6.28. The number of nitrogens with two attached hydrogens (primary N) is 1. The molecule has 3 heterocycles. The van der Waals surface area contributed by atoms with Crippen LogP contribution < -0.4 is 5.73 Å². The first-order valence-corrected chi connectivity index (χ1v) is 8.51. The molecule has 9 heteroatoms. The van der Waals surface area contributed by atoms with Crippen LogP contribution in [0.2, 0.25) is 5.28 Å². The second-order valence-electron chi connectivity index (χ2n) is 5.89. The van der Waals surface area contributed by atoms with Crippen LogP contribution in [0.5, 0.6) is 0 Å². The van der Waals surface area contributed by atoms with Crippen LogP contribution in [0.4, 0.5) is 5.82 Å². The van der Waals surface area contributed by atoms with Gasteiger partial charge in [0.15, 0.2) is 5.60 Å². The highest BCUT2D eigenvalue weighted by Gasteiger charge is 2.39. The van der Waals surface area contributed by atoms with E-state index in [9.17, 15) is 9.90 Å². The smallest absolute Gasteiger partial charge is 0.303 e. The predicted molar refractivity (Wildman–Crippen MR) is 97.5 cm³/mol. The number of nitrogen functional groups attached to an aromatic ring is 1. The van der Waals surface area contributed by atoms with E-state index in [1.54, 1.807) is 12.3 Å². The molecule has 1 unspecified atom stereocenters. The monoisotopic (exact) mass is 380 g/mol. The van der Waals surface area contributed by atoms with Gasteiger partial charge in [-0.15, -0.1) is 6.42 Å². The molecule has 26 heavy (non-hydrogen) atoms. The Hall–Kier alpha value is -2.34. The Morgan fingerprint density at radius 3 is 2.85 bits per heavy atom. The summed E-state index contributed by atoms with van der Waals surface area (Å²) in [4.78, 5) is 17.7. The molecule has 0 bridgehead atoms. The number of rotatable bonds is 4. The molecule has 4 N–H and O–H groups in total. The largest absolute Gasteiger partial charge is 0.481 e. The lowest BCUT2D eigenvalue weighted by Gasteiger charge is -2.21. The maximum atomic E-state index is 9.60. The zero-order chi connectivity index (χ0) is 19.3. The lowest BCUT2D eigenvalue weighted by Crippen LogP contribution is -2.31. The van der Waals surface area contributed by atoms with E-state index in [2.05, 4.69) is 15.9 Å². The van der Waals surface area contributed by atoms with Crippen LogP contribution in [0.15, 0.2) is 12.3 Å². The average molecular weight is 381 g/mol. The second-order valence-corrected chi connectivity index (χ2v) is 6.23. The second kappa shape index (κ2) is 8.36. The van der Waals surface area contributed by atoms with E-state index >= 15 is 0 Å². The molecule has 0 saturated carbocycles. The summed E-state index contributed by atoms with van der Waals surface area (Å²) < 4.78 is 7.63. The Labute approximate surface area is 155 Å². The summed E-state index contributed by atoms with van der Waals surface area (Å²) in [7, 11) is 0. The number of nitrogens with zero attached hydrogens (tertiary/aromatic N) is 3. The summed E-state index contributed by atoms with van der Waals surface area (Å²) >= 11 is 5.84. The molecule has 0 spiro atoms. The molecule has 8 nitrogen and oxygen atoms in total. The van der Waals surface area contributed by atoms with Gasteiger partial charge in [-0.2, -0.15) is 4.98 Å². The summed E-state index contributed by atoms with van der Waals surface area (Å²) in [6.07, 6.45) is 9.23. The van der Waals surface area contributed by atoms with E-state index in [1.807, 2.05) is 11.5 Å². The van der Waals surface area contributed by atoms with Crippen molar-refractivity contribution in [1.82, 2.24) is 14.5 Å². The predicted octanol–water partition coefficient (Wildman–Crippen LogP) is 2.21. The fourth-order valence-electron chi connectivity index (χ4n) is 2.67. The lowest BCUT2D eigenvalue weighted by atomic mass is 10.0. The number of carboxylic acids is 1. The van der Waals surface area contributed by atoms with Gasteiger partial charge in [-0.3, -0.25) is 4.79 Å². The van der Waals surface area contributed by atoms with Crippen LogP contribution in [0.25, 0.3) is 11.0 Å². The van der Waals surface area contributed by atoms with Crippen LogP contribution in [0.3, 0.4) is 0 Å². The molecule has 1 aliphatic rings. The number of hydrogen-bond acceptors (Lipinski definition) is 6. The summed E-state index contributed by atoms with van der Waals surface area (Å²) in [5.74, 6) is 2.13. The van der Waals surface area contributed by atoms with Gasteiger partial charge in [-0.25, -0.2) is 4.98 Å². The van der Waals surface area contributed by atoms with Gasteiger partial charge in [0.2, 0.25) is 5.28 Å². The molecule has 140 valence electrons. The van der Waals surface area contributed by atoms with E-state index in [0.29, 0.717) is 36.1 Å². The number of aliphatic hydroxyl groups is 1. The van der Waals surface area contributed by atoms with Crippen molar-refractivity contribution in [3.8, 4) is 12.3 Å². The Bertz CT molecular complexity index is 832. The van der Waals surface area contributed by atoms with Crippen molar-refractivity contribution >= 4 is 34.4 Å². The summed E-state index contributed by atoms with van der Waals surface area (Å²) in [5.41, 5.74) is 5.48. The molecule has 1 fully saturated rings. The molecule has 0 aromatic carbocycles. The van der Waals surface area contributed by atoms with E-state index in [0.717, 1.165) is 6.42 Å². The normalized spacial score (nSPS) is 21.8. The number of carboxylic acid groups (broad SMARTS) is 1. The van der Waals surface area contributed by atoms with Gasteiger partial charge in [-0.05, 0) is 36.9 Å². The molecular weight excluding hydrogens is 360 g/mol. The van der Waals surface area contributed by atoms with E-state index in [4.69, 9.17) is 33.6 Å². The molecule has 0 amide bonds. The van der Waals surface area contributed by atoms with Gasteiger partial charge in [0.05, 0.1) is 12.0 Å². The molecule has 2 aromatic rings. The summed E-state index contributed by atoms with van der Waals surface area (Å²) in [6.45, 7) is 1.63. The van der Waals surface area contributed by atoms with Gasteiger partial charge >= 0.3 is 5.97 Å². The molecule has 0 radical (unpaired) electrons. The maximum absolute atomic E-state index is 9.60. The van der Waals surface area contributed by atoms with Crippen molar-refractivity contribution < 1.29 is 19.7 Å². The first-order chi connectivity index (χ1) is 12.4. The number of aromatic nitrogens is 3. The average Bonchev–Trinajstić information content (AvgIpc) is 3.19. The molecule has 2 atom stereocenters. The number of anilines is 1. The van der Waals surface area contributed by atoms with Crippen molar-refractivity contribution in [2.45, 2.75) is 44.4 Å². The molecule has 3 rings (SSSR count). The summed E-state index contributed by atoms with van der Waals surface area (Å²) in [6, 6.07) is 1.80. The molecule has 0 aliphatic carbocycles. The zero-order valence-corrected chi connectivity index (χ0v) is 15.1. The van der Waals surface area contributed by atoms with Crippen LogP contribution >= 0.6 is 11.6 Å². The maximum Gasteiger partial charge on any atom is 0.303 e. The third kappa shape index (κ3) is 4.25. The highest BCUT2D eigenvalue weighted by atomic mass is 35.5. The number of aliphatic hydroxyl groups excluding tert-OH is 1. The number of ether oxygens (including phenoxy) is 1. The quantitative estimate of drug-likeness (QED) is 0.548. The Morgan fingerprint density at radius 2 is 2.35 bits per heavy atom. The van der Waals surface area contributed by atoms with Gasteiger partial charge in [0, 0.05) is 12.6 Å². The molecular formula is C17H21ClN4O4. The first kappa shape index (κ1) is 20.0. The zero-order valence-electron chi connectivity index (χ0n) is 14.4. The Kier molecular flexibility index (Phi) is 6.42. The standard InChI is InChI=1S/C13H13ClN4O2.C4H8O2/c1-2-13(7-19)5-3-9(20-13)18-6-4-8-10(15)16-12(14)17-11(8)18;1-2-3-4(5)6/h1,4,6,9,19H,3,5,7H2,(H2,15,16,17);2-3H2,1H3,(H,5,6)/t9-,13?;/m1./s1. The Morgan fingerprint density at radius 1 is 1.62 bits per heavy atom. The van der Waals surface area contributed by atoms with Crippen molar-refractivity contribution in [2.75, 3.05) is 12.3 Å². The van der Waals surface area contributed by atoms with Crippen LogP contribution in [0.1, 0.15) is 38.8 Å². The number of halogens is 1. The minimum absolute atomic E-state index is 0.0818. The number of terminal acetylenes is 1. The lowest BCUT2D eigenvalue weighted by molar-refractivity contribution is -0.137. The SMILES string of the molecule is C#CC1(CO)CC[C@H](n2ccc3c(N)nc(Cl)nc32)O1.CCCC(=O)O. The van der Waals surface area contributed by atoms with Crippen molar-refractivity contribution in [3.05, 3.63) is 17.5 Å². The van der Waals surface area contributed by atoms with Crippen molar-refractivity contribution in [3.63, 3.8) is 0 Å². The fraction of sp³-hybridized carbons (Fsp3) is 0.471. The van der Waals surface area contributed by atoms with E-state index < -0.39 is 11.6 Å². The number of fused-ring (bicyclic) bond motifs is 1. The topological polar surface area (TPSA) is 123 Å². The van der Waals surface area contributed by atoms with Crippen LogP contribution in [-0.2, 0) is 9.53 Å². The minimum Gasteiger partial charge on any atom is -0.481 e. The van der Waals surface area contributed by atoms with Crippen molar-refractivity contribution in [2.24, 2.45) is 0 Å². The highest BCUT2D eigenvalue weighted by Crippen LogP contribution is 2.37. The Balaban J connectivity index is 0.000000352. The van der Waals surface area contributed by atoms with E-state index in [-0.39, 0.29) is 18.1 Å². The van der Waals surface area contributed by atoms with Crippen LogP contribution in [-0.4, -0.2) is 42.9 Å². The number of hydrogen-bond donors (Lipinski definition) is 3. The molecule has 1 aliphatic heterocycles. The van der Waals surface area contributed by atoms with Gasteiger partial charge in [-0.1, -0.05) is 12.8 Å². The number of aliphatic carboxylic acids is 1. The van der Waals surface area contributed by atoms with Crippen molar-refractivity contribution in [1.29, 1.82) is 0 Å².